The van der Waals surface area contributed by atoms with Crippen LogP contribution in [-0.2, 0) is 27.3 Å². The van der Waals surface area contributed by atoms with Crippen molar-refractivity contribution in [3.05, 3.63) is 71.5 Å². The van der Waals surface area contributed by atoms with Gasteiger partial charge in [0, 0.05) is 32.5 Å². The van der Waals surface area contributed by atoms with Gasteiger partial charge in [0.25, 0.3) is 0 Å². The minimum absolute atomic E-state index is 0.0261. The van der Waals surface area contributed by atoms with E-state index in [2.05, 4.69) is 5.32 Å². The number of nitrogens with zero attached hydrogens (tertiary/aromatic N) is 1. The number of halogens is 1. The van der Waals surface area contributed by atoms with Crippen LogP contribution in [0.2, 0.25) is 0 Å². The number of hydrogen-bond acceptors (Lipinski definition) is 3. The van der Waals surface area contributed by atoms with Gasteiger partial charge in [-0.2, -0.15) is 0 Å². The summed E-state index contributed by atoms with van der Waals surface area (Å²) in [5.41, 5.74) is 1.77. The molecule has 1 fully saturated rings. The van der Waals surface area contributed by atoms with E-state index in [1.54, 1.807) is 17.0 Å². The van der Waals surface area contributed by atoms with Crippen LogP contribution in [0, 0.1) is 5.82 Å². The first kappa shape index (κ1) is 22.9. The van der Waals surface area contributed by atoms with Crippen LogP contribution in [0.15, 0.2) is 54.6 Å². The van der Waals surface area contributed by atoms with Gasteiger partial charge in [-0.25, -0.2) is 4.39 Å². The third kappa shape index (κ3) is 6.89. The molecule has 1 heterocycles. The lowest BCUT2D eigenvalue weighted by molar-refractivity contribution is -0.141. The second kappa shape index (κ2) is 11.6. The average Bonchev–Trinajstić information content (AvgIpc) is 3.30. The summed E-state index contributed by atoms with van der Waals surface area (Å²) in [5.74, 6) is -0.601. The van der Waals surface area contributed by atoms with Crippen molar-refractivity contribution >= 4 is 11.8 Å². The van der Waals surface area contributed by atoms with E-state index in [0.29, 0.717) is 25.8 Å². The first-order valence-electron chi connectivity index (χ1n) is 11.0. The van der Waals surface area contributed by atoms with Crippen LogP contribution in [-0.4, -0.2) is 42.0 Å². The third-order valence-electron chi connectivity index (χ3n) is 5.53. The van der Waals surface area contributed by atoms with Crippen molar-refractivity contribution < 1.29 is 18.7 Å². The summed E-state index contributed by atoms with van der Waals surface area (Å²) in [7, 11) is 0. The Labute approximate surface area is 183 Å². The van der Waals surface area contributed by atoms with Gasteiger partial charge in [-0.05, 0) is 42.5 Å². The Morgan fingerprint density at radius 1 is 1.13 bits per heavy atom. The Morgan fingerprint density at radius 3 is 2.52 bits per heavy atom. The lowest BCUT2D eigenvalue weighted by Crippen LogP contribution is -2.51. The van der Waals surface area contributed by atoms with Gasteiger partial charge in [0.05, 0.1) is 6.10 Å². The summed E-state index contributed by atoms with van der Waals surface area (Å²) in [6.45, 7) is 3.36. The minimum Gasteiger partial charge on any atom is -0.376 e. The third-order valence-corrected chi connectivity index (χ3v) is 5.53. The van der Waals surface area contributed by atoms with E-state index in [4.69, 9.17) is 4.74 Å². The maximum absolute atomic E-state index is 13.4. The van der Waals surface area contributed by atoms with E-state index < -0.39 is 6.04 Å². The molecule has 2 aromatic carbocycles. The van der Waals surface area contributed by atoms with Crippen LogP contribution < -0.4 is 5.32 Å². The maximum atomic E-state index is 13.4. The van der Waals surface area contributed by atoms with Crippen molar-refractivity contribution in [2.24, 2.45) is 0 Å². The molecule has 2 amide bonds. The number of ether oxygens (including phenoxy) is 1. The Balaban J connectivity index is 1.83. The second-order valence-corrected chi connectivity index (χ2v) is 7.98. The molecule has 3 rings (SSSR count). The Hall–Kier alpha value is -2.73. The highest BCUT2D eigenvalue weighted by molar-refractivity contribution is 5.88. The normalized spacial score (nSPS) is 16.6. The largest absolute Gasteiger partial charge is 0.376 e. The quantitative estimate of drug-likeness (QED) is 0.628. The van der Waals surface area contributed by atoms with E-state index in [9.17, 15) is 14.0 Å². The molecule has 31 heavy (non-hydrogen) atoms. The monoisotopic (exact) mass is 426 g/mol. The molecular weight excluding hydrogens is 395 g/mol. The number of nitrogens with one attached hydrogen (secondary N) is 1. The highest BCUT2D eigenvalue weighted by atomic mass is 19.1. The molecule has 1 N–H and O–H groups in total. The lowest BCUT2D eigenvalue weighted by atomic mass is 10.0. The molecule has 0 bridgehead atoms. The molecule has 1 saturated heterocycles. The van der Waals surface area contributed by atoms with Crippen molar-refractivity contribution in [2.45, 2.75) is 57.7 Å². The topological polar surface area (TPSA) is 58.6 Å². The van der Waals surface area contributed by atoms with Crippen LogP contribution in [0.1, 0.15) is 43.7 Å². The van der Waals surface area contributed by atoms with E-state index in [0.717, 1.165) is 30.6 Å². The summed E-state index contributed by atoms with van der Waals surface area (Å²) in [5, 5.41) is 3.00. The molecule has 6 heteroatoms. The fourth-order valence-corrected chi connectivity index (χ4v) is 3.84. The molecule has 2 aromatic rings. The van der Waals surface area contributed by atoms with Gasteiger partial charge < -0.3 is 15.0 Å². The van der Waals surface area contributed by atoms with Gasteiger partial charge >= 0.3 is 0 Å². The molecule has 2 atom stereocenters. The van der Waals surface area contributed by atoms with Crippen molar-refractivity contribution in [1.29, 1.82) is 0 Å². The summed E-state index contributed by atoms with van der Waals surface area (Å²) in [6.07, 6.45) is 3.41. The number of carbonyl (C=O) groups is 2. The molecule has 0 aromatic heterocycles. The molecule has 166 valence electrons. The van der Waals surface area contributed by atoms with Crippen LogP contribution in [0.3, 0.4) is 0 Å². The van der Waals surface area contributed by atoms with Gasteiger partial charge in [0.2, 0.25) is 11.8 Å². The zero-order valence-corrected chi connectivity index (χ0v) is 18.1. The molecule has 1 aliphatic heterocycles. The Morgan fingerprint density at radius 2 is 1.87 bits per heavy atom. The first-order chi connectivity index (χ1) is 15.1. The highest BCUT2D eigenvalue weighted by Gasteiger charge is 2.30. The number of benzene rings is 2. The van der Waals surface area contributed by atoms with Gasteiger partial charge in [0.1, 0.15) is 11.9 Å². The molecular formula is C25H31FN2O3. The maximum Gasteiger partial charge on any atom is 0.243 e. The van der Waals surface area contributed by atoms with Gasteiger partial charge in [-0.3, -0.25) is 9.59 Å². The van der Waals surface area contributed by atoms with Crippen LogP contribution in [0.4, 0.5) is 4.39 Å². The first-order valence-corrected chi connectivity index (χ1v) is 11.0. The molecule has 0 saturated carbocycles. The number of hydrogen-bond donors (Lipinski definition) is 1. The summed E-state index contributed by atoms with van der Waals surface area (Å²) in [6, 6.07) is 15.1. The Kier molecular flexibility index (Phi) is 8.59. The zero-order chi connectivity index (χ0) is 22.1. The smallest absolute Gasteiger partial charge is 0.243 e. The van der Waals surface area contributed by atoms with Gasteiger partial charge in [-0.15, -0.1) is 0 Å². The van der Waals surface area contributed by atoms with E-state index in [-0.39, 0.29) is 30.3 Å². The summed E-state index contributed by atoms with van der Waals surface area (Å²) < 4.78 is 19.0. The van der Waals surface area contributed by atoms with Crippen LogP contribution >= 0.6 is 0 Å². The number of amides is 2. The van der Waals surface area contributed by atoms with Gasteiger partial charge in [-0.1, -0.05) is 49.4 Å². The number of carbonyl (C=O) groups excluding carboxylic acids is 2. The number of rotatable bonds is 10. The molecule has 0 aliphatic carbocycles. The molecule has 0 unspecified atom stereocenters. The SMILES string of the molecule is CCCC(=O)N(Cc1ccc(F)cc1)[C@H](Cc1ccccc1)C(=O)NC[C@@H]1CCCO1. The van der Waals surface area contributed by atoms with Crippen molar-refractivity contribution in [3.8, 4) is 0 Å². The van der Waals surface area contributed by atoms with E-state index >= 15 is 0 Å². The van der Waals surface area contributed by atoms with E-state index in [1.165, 1.54) is 12.1 Å². The molecule has 0 spiro atoms. The molecule has 0 radical (unpaired) electrons. The average molecular weight is 427 g/mol. The van der Waals surface area contributed by atoms with Crippen molar-refractivity contribution in [1.82, 2.24) is 10.2 Å². The van der Waals surface area contributed by atoms with Crippen molar-refractivity contribution in [2.75, 3.05) is 13.2 Å². The van der Waals surface area contributed by atoms with Crippen molar-refractivity contribution in [3.63, 3.8) is 0 Å². The fraction of sp³-hybridized carbons (Fsp3) is 0.440. The summed E-state index contributed by atoms with van der Waals surface area (Å²) in [4.78, 5) is 28.0. The lowest BCUT2D eigenvalue weighted by Gasteiger charge is -2.32. The molecule has 5 nitrogen and oxygen atoms in total. The van der Waals surface area contributed by atoms with Gasteiger partial charge in [0.15, 0.2) is 0 Å². The zero-order valence-electron chi connectivity index (χ0n) is 18.1. The second-order valence-electron chi connectivity index (χ2n) is 7.98. The van der Waals surface area contributed by atoms with E-state index in [1.807, 2.05) is 37.3 Å². The summed E-state index contributed by atoms with van der Waals surface area (Å²) >= 11 is 0. The van der Waals surface area contributed by atoms with Crippen LogP contribution in [0.5, 0.6) is 0 Å². The predicted octanol–water partition coefficient (Wildman–Crippen LogP) is 3.86. The fourth-order valence-electron chi connectivity index (χ4n) is 3.84. The molecule has 1 aliphatic rings. The standard InChI is InChI=1S/C25H31FN2O3/c1-2-7-24(29)28(18-20-11-13-21(26)14-12-20)23(16-19-8-4-3-5-9-19)25(30)27-17-22-10-6-15-31-22/h3-5,8-9,11-14,22-23H,2,6-7,10,15-18H2,1H3,(H,27,30)/t22-,23+/m0/s1. The van der Waals surface area contributed by atoms with Crippen LogP contribution in [0.25, 0.3) is 0 Å². The minimum atomic E-state index is -0.659. The predicted molar refractivity (Wildman–Crippen MR) is 118 cm³/mol. The Bertz CT molecular complexity index is 836. The highest BCUT2D eigenvalue weighted by Crippen LogP contribution is 2.17.